The number of amides is 3. The van der Waals surface area contributed by atoms with Crippen molar-refractivity contribution in [2.24, 2.45) is 11.7 Å². The molecule has 0 radical (unpaired) electrons. The van der Waals surface area contributed by atoms with Crippen LogP contribution in [0.5, 0.6) is 0 Å². The third kappa shape index (κ3) is 6.96. The van der Waals surface area contributed by atoms with Gasteiger partial charge in [-0.25, -0.2) is 9.59 Å². The first-order valence-electron chi connectivity index (χ1n) is 6.73. The number of carbonyl (C=O) groups excluding carboxylic acids is 2. The third-order valence-electron chi connectivity index (χ3n) is 2.72. The van der Waals surface area contributed by atoms with Crippen LogP contribution in [-0.2, 0) is 9.59 Å². The van der Waals surface area contributed by atoms with Gasteiger partial charge in [0, 0.05) is 19.0 Å². The summed E-state index contributed by atoms with van der Waals surface area (Å²) in [4.78, 5) is 35.5. The molecule has 7 nitrogen and oxygen atoms in total. The van der Waals surface area contributed by atoms with Crippen LogP contribution in [0.1, 0.15) is 40.5 Å². The molecule has 0 aromatic heterocycles. The predicted octanol–water partition coefficient (Wildman–Crippen LogP) is 0.781. The van der Waals surface area contributed by atoms with E-state index in [-0.39, 0.29) is 24.8 Å². The van der Waals surface area contributed by atoms with E-state index in [0.717, 1.165) is 0 Å². The SMILES string of the molecule is CC(C)CN(C(=O)N[C@H](CCC(N)=O)C(=O)O)C(C)C. The van der Waals surface area contributed by atoms with Gasteiger partial charge in [-0.3, -0.25) is 4.79 Å². The summed E-state index contributed by atoms with van der Waals surface area (Å²) in [6.07, 6.45) is -0.0902. The van der Waals surface area contributed by atoms with Gasteiger partial charge in [0.2, 0.25) is 5.91 Å². The monoisotopic (exact) mass is 287 g/mol. The fourth-order valence-corrected chi connectivity index (χ4v) is 1.70. The molecule has 0 unspecified atom stereocenters. The first-order valence-corrected chi connectivity index (χ1v) is 6.73. The Hall–Kier alpha value is -1.79. The van der Waals surface area contributed by atoms with Crippen molar-refractivity contribution in [3.8, 4) is 0 Å². The molecule has 0 fully saturated rings. The van der Waals surface area contributed by atoms with Crippen molar-refractivity contribution in [1.82, 2.24) is 10.2 Å². The lowest BCUT2D eigenvalue weighted by Gasteiger charge is -2.30. The number of urea groups is 1. The summed E-state index contributed by atoms with van der Waals surface area (Å²) in [6.45, 7) is 8.21. The molecule has 0 aromatic rings. The van der Waals surface area contributed by atoms with Crippen molar-refractivity contribution in [2.45, 2.75) is 52.6 Å². The number of carbonyl (C=O) groups is 3. The maximum atomic E-state index is 12.1. The van der Waals surface area contributed by atoms with Crippen LogP contribution in [0.3, 0.4) is 0 Å². The van der Waals surface area contributed by atoms with Crippen LogP contribution in [0.2, 0.25) is 0 Å². The van der Waals surface area contributed by atoms with Gasteiger partial charge in [-0.05, 0) is 26.2 Å². The van der Waals surface area contributed by atoms with Crippen LogP contribution < -0.4 is 11.1 Å². The van der Waals surface area contributed by atoms with Crippen LogP contribution in [0, 0.1) is 5.92 Å². The molecule has 0 aliphatic rings. The smallest absolute Gasteiger partial charge is 0.326 e. The zero-order valence-electron chi connectivity index (χ0n) is 12.5. The minimum atomic E-state index is -1.17. The van der Waals surface area contributed by atoms with Gasteiger partial charge in [0.05, 0.1) is 0 Å². The summed E-state index contributed by atoms with van der Waals surface area (Å²) < 4.78 is 0. The number of hydrogen-bond donors (Lipinski definition) is 3. The maximum absolute atomic E-state index is 12.1. The summed E-state index contributed by atoms with van der Waals surface area (Å²) in [7, 11) is 0. The molecule has 0 saturated heterocycles. The highest BCUT2D eigenvalue weighted by molar-refractivity contribution is 5.83. The standard InChI is InChI=1S/C13H25N3O4/c1-8(2)7-16(9(3)4)13(20)15-10(12(18)19)5-6-11(14)17/h8-10H,5-7H2,1-4H3,(H2,14,17)(H,15,20)(H,18,19)/t10-/m1/s1. The Morgan fingerprint density at radius 1 is 1.20 bits per heavy atom. The number of rotatable bonds is 8. The molecule has 0 heterocycles. The zero-order valence-corrected chi connectivity index (χ0v) is 12.5. The first kappa shape index (κ1) is 18.2. The van der Waals surface area contributed by atoms with E-state index >= 15 is 0 Å². The molecule has 0 rings (SSSR count). The number of hydrogen-bond acceptors (Lipinski definition) is 3. The van der Waals surface area contributed by atoms with E-state index in [1.165, 1.54) is 0 Å². The lowest BCUT2D eigenvalue weighted by Crippen LogP contribution is -2.51. The van der Waals surface area contributed by atoms with E-state index in [1.807, 2.05) is 27.7 Å². The minimum absolute atomic E-state index is 0.00990. The minimum Gasteiger partial charge on any atom is -0.480 e. The Morgan fingerprint density at radius 3 is 2.10 bits per heavy atom. The molecule has 0 aromatic carbocycles. The van der Waals surface area contributed by atoms with Gasteiger partial charge < -0.3 is 21.1 Å². The molecule has 116 valence electrons. The zero-order chi connectivity index (χ0) is 15.9. The van der Waals surface area contributed by atoms with Gasteiger partial charge in [-0.2, -0.15) is 0 Å². The summed E-state index contributed by atoms with van der Waals surface area (Å²) >= 11 is 0. The number of nitrogens with one attached hydrogen (secondary N) is 1. The molecule has 0 saturated carbocycles. The highest BCUT2D eigenvalue weighted by Gasteiger charge is 2.25. The molecular formula is C13H25N3O4. The summed E-state index contributed by atoms with van der Waals surface area (Å²) in [6, 6.07) is -1.59. The summed E-state index contributed by atoms with van der Waals surface area (Å²) in [5.74, 6) is -1.49. The third-order valence-corrected chi connectivity index (χ3v) is 2.72. The largest absolute Gasteiger partial charge is 0.480 e. The van der Waals surface area contributed by atoms with Crippen molar-refractivity contribution in [1.29, 1.82) is 0 Å². The second kappa shape index (κ2) is 8.39. The number of carboxylic acid groups (broad SMARTS) is 1. The molecule has 0 aliphatic carbocycles. The average Bonchev–Trinajstić information content (AvgIpc) is 2.29. The van der Waals surface area contributed by atoms with Gasteiger partial charge in [-0.15, -0.1) is 0 Å². The molecule has 4 N–H and O–H groups in total. The molecule has 3 amide bonds. The molecule has 20 heavy (non-hydrogen) atoms. The number of primary amides is 1. The number of aliphatic carboxylic acids is 1. The lowest BCUT2D eigenvalue weighted by atomic mass is 10.1. The number of nitrogens with zero attached hydrogens (tertiary/aromatic N) is 1. The molecule has 0 aliphatic heterocycles. The van der Waals surface area contributed by atoms with E-state index in [2.05, 4.69) is 5.32 Å². The summed E-state index contributed by atoms with van der Waals surface area (Å²) in [5.41, 5.74) is 4.99. The Kier molecular flexibility index (Phi) is 7.64. The van der Waals surface area contributed by atoms with Crippen molar-refractivity contribution in [3.05, 3.63) is 0 Å². The van der Waals surface area contributed by atoms with Gasteiger partial charge in [0.15, 0.2) is 0 Å². The average molecular weight is 287 g/mol. The van der Waals surface area contributed by atoms with E-state index < -0.39 is 23.9 Å². The van der Waals surface area contributed by atoms with E-state index in [1.54, 1.807) is 4.90 Å². The van der Waals surface area contributed by atoms with E-state index in [9.17, 15) is 14.4 Å². The second-order valence-electron chi connectivity index (χ2n) is 5.49. The molecule has 1 atom stereocenters. The quantitative estimate of drug-likeness (QED) is 0.612. The first-order chi connectivity index (χ1) is 9.15. The fourth-order valence-electron chi connectivity index (χ4n) is 1.70. The van der Waals surface area contributed by atoms with Crippen LogP contribution in [0.4, 0.5) is 4.79 Å². The summed E-state index contributed by atoms with van der Waals surface area (Å²) in [5, 5.41) is 11.5. The van der Waals surface area contributed by atoms with E-state index in [0.29, 0.717) is 6.54 Å². The van der Waals surface area contributed by atoms with Crippen molar-refractivity contribution in [3.63, 3.8) is 0 Å². The Morgan fingerprint density at radius 2 is 1.75 bits per heavy atom. The maximum Gasteiger partial charge on any atom is 0.326 e. The highest BCUT2D eigenvalue weighted by atomic mass is 16.4. The normalized spacial score (nSPS) is 12.3. The predicted molar refractivity (Wildman–Crippen MR) is 75.1 cm³/mol. The molecule has 0 bridgehead atoms. The Bertz CT molecular complexity index is 356. The van der Waals surface area contributed by atoms with Crippen LogP contribution in [0.25, 0.3) is 0 Å². The van der Waals surface area contributed by atoms with Gasteiger partial charge in [0.1, 0.15) is 6.04 Å². The van der Waals surface area contributed by atoms with Gasteiger partial charge in [-0.1, -0.05) is 13.8 Å². The number of carboxylic acids is 1. The van der Waals surface area contributed by atoms with Crippen LogP contribution >= 0.6 is 0 Å². The topological polar surface area (TPSA) is 113 Å². The van der Waals surface area contributed by atoms with E-state index in [4.69, 9.17) is 10.8 Å². The van der Waals surface area contributed by atoms with Crippen molar-refractivity contribution < 1.29 is 19.5 Å². The lowest BCUT2D eigenvalue weighted by molar-refractivity contribution is -0.139. The molecular weight excluding hydrogens is 262 g/mol. The molecule has 7 heteroatoms. The van der Waals surface area contributed by atoms with Crippen LogP contribution in [-0.4, -0.2) is 46.5 Å². The second-order valence-corrected chi connectivity index (χ2v) is 5.49. The van der Waals surface area contributed by atoms with Gasteiger partial charge in [0.25, 0.3) is 0 Å². The number of nitrogens with two attached hydrogens (primary N) is 1. The Labute approximate surface area is 119 Å². The highest BCUT2D eigenvalue weighted by Crippen LogP contribution is 2.06. The van der Waals surface area contributed by atoms with Crippen LogP contribution in [0.15, 0.2) is 0 Å². The van der Waals surface area contributed by atoms with Gasteiger partial charge >= 0.3 is 12.0 Å². The van der Waals surface area contributed by atoms with Crippen molar-refractivity contribution >= 4 is 17.9 Å². The van der Waals surface area contributed by atoms with Crippen molar-refractivity contribution in [2.75, 3.05) is 6.54 Å². The fraction of sp³-hybridized carbons (Fsp3) is 0.769. The molecule has 0 spiro atoms. The Balaban J connectivity index is 4.70.